The molecule has 2 heterocycles. The summed E-state index contributed by atoms with van der Waals surface area (Å²) in [6.45, 7) is 3.03. The topological polar surface area (TPSA) is 65.5 Å². The SMILES string of the molecule is CC1(C)OC(=O)C(=Cc2ccc(Cc3ccc(Cl)nc3)cc2)C(=O)O1. The smallest absolute Gasteiger partial charge is 0.348 e. The number of carbonyl (C=O) groups excluding carboxylic acids is 2. The number of hydrogen-bond donors (Lipinski definition) is 0. The maximum atomic E-state index is 12.0. The van der Waals surface area contributed by atoms with Crippen molar-refractivity contribution in [3.8, 4) is 0 Å². The van der Waals surface area contributed by atoms with E-state index in [0.717, 1.165) is 11.1 Å². The van der Waals surface area contributed by atoms with Crippen LogP contribution in [-0.4, -0.2) is 22.7 Å². The summed E-state index contributed by atoms with van der Waals surface area (Å²) in [5.74, 6) is -2.60. The van der Waals surface area contributed by atoms with Crippen molar-refractivity contribution in [3.63, 3.8) is 0 Å². The monoisotopic (exact) mass is 357 g/mol. The maximum Gasteiger partial charge on any atom is 0.348 e. The number of cyclic esters (lactones) is 2. The van der Waals surface area contributed by atoms with Gasteiger partial charge in [-0.15, -0.1) is 0 Å². The summed E-state index contributed by atoms with van der Waals surface area (Å²) in [4.78, 5) is 28.0. The highest BCUT2D eigenvalue weighted by Crippen LogP contribution is 2.24. The summed E-state index contributed by atoms with van der Waals surface area (Å²) in [6.07, 6.45) is 3.90. The lowest BCUT2D eigenvalue weighted by Crippen LogP contribution is -2.41. The van der Waals surface area contributed by atoms with Crippen molar-refractivity contribution in [2.75, 3.05) is 0 Å². The van der Waals surface area contributed by atoms with Crippen molar-refractivity contribution in [3.05, 3.63) is 70.0 Å². The molecule has 0 N–H and O–H groups in total. The third-order valence-electron chi connectivity index (χ3n) is 3.60. The Morgan fingerprint density at radius 2 is 1.60 bits per heavy atom. The minimum Gasteiger partial charge on any atom is -0.419 e. The highest BCUT2D eigenvalue weighted by molar-refractivity contribution is 6.29. The van der Waals surface area contributed by atoms with Crippen LogP contribution in [0.5, 0.6) is 0 Å². The minimum absolute atomic E-state index is 0.117. The Hall–Kier alpha value is -2.66. The molecule has 3 rings (SSSR count). The van der Waals surface area contributed by atoms with E-state index in [9.17, 15) is 9.59 Å². The van der Waals surface area contributed by atoms with Crippen molar-refractivity contribution in [1.82, 2.24) is 4.98 Å². The van der Waals surface area contributed by atoms with E-state index in [4.69, 9.17) is 21.1 Å². The Kier molecular flexibility index (Phi) is 4.59. The van der Waals surface area contributed by atoms with E-state index in [0.29, 0.717) is 17.1 Å². The Morgan fingerprint density at radius 1 is 1.00 bits per heavy atom. The fourth-order valence-electron chi connectivity index (χ4n) is 2.42. The van der Waals surface area contributed by atoms with Gasteiger partial charge in [0.25, 0.3) is 5.79 Å². The number of esters is 2. The van der Waals surface area contributed by atoms with E-state index in [-0.39, 0.29) is 5.57 Å². The second-order valence-electron chi connectivity index (χ2n) is 6.14. The Labute approximate surface area is 150 Å². The van der Waals surface area contributed by atoms with Crippen LogP contribution >= 0.6 is 11.6 Å². The van der Waals surface area contributed by atoms with Gasteiger partial charge in [0.2, 0.25) is 0 Å². The zero-order chi connectivity index (χ0) is 18.0. The molecule has 0 saturated carbocycles. The number of benzene rings is 1. The molecule has 1 aromatic heterocycles. The largest absolute Gasteiger partial charge is 0.419 e. The Morgan fingerprint density at radius 3 is 2.16 bits per heavy atom. The van der Waals surface area contributed by atoms with Crippen LogP contribution < -0.4 is 0 Å². The van der Waals surface area contributed by atoms with Crippen LogP contribution in [0.15, 0.2) is 48.2 Å². The second kappa shape index (κ2) is 6.69. The average Bonchev–Trinajstić information content (AvgIpc) is 2.54. The molecule has 0 bridgehead atoms. The molecule has 1 aliphatic heterocycles. The maximum absolute atomic E-state index is 12.0. The Balaban J connectivity index is 1.75. The van der Waals surface area contributed by atoms with Gasteiger partial charge < -0.3 is 9.47 Å². The lowest BCUT2D eigenvalue weighted by molar-refractivity contribution is -0.222. The molecule has 2 aromatic rings. The number of halogens is 1. The fraction of sp³-hybridized carbons (Fsp3) is 0.211. The van der Waals surface area contributed by atoms with Crippen LogP contribution in [0, 0.1) is 0 Å². The van der Waals surface area contributed by atoms with E-state index in [2.05, 4.69) is 4.98 Å². The number of hydrogen-bond acceptors (Lipinski definition) is 5. The van der Waals surface area contributed by atoms with E-state index >= 15 is 0 Å². The third kappa shape index (κ3) is 4.25. The molecule has 0 unspecified atom stereocenters. The van der Waals surface area contributed by atoms with E-state index < -0.39 is 17.7 Å². The van der Waals surface area contributed by atoms with E-state index in [1.54, 1.807) is 12.3 Å². The first kappa shape index (κ1) is 17.2. The molecule has 128 valence electrons. The van der Waals surface area contributed by atoms with Gasteiger partial charge in [-0.05, 0) is 35.3 Å². The normalized spacial score (nSPS) is 16.2. The summed E-state index contributed by atoms with van der Waals surface area (Å²) in [7, 11) is 0. The van der Waals surface area contributed by atoms with Crippen LogP contribution in [0.25, 0.3) is 6.08 Å². The van der Waals surface area contributed by atoms with Gasteiger partial charge >= 0.3 is 11.9 Å². The first-order chi connectivity index (χ1) is 11.8. The third-order valence-corrected chi connectivity index (χ3v) is 3.83. The first-order valence-corrected chi connectivity index (χ1v) is 8.08. The van der Waals surface area contributed by atoms with Gasteiger partial charge in [0.15, 0.2) is 0 Å². The fourth-order valence-corrected chi connectivity index (χ4v) is 2.54. The molecule has 0 radical (unpaired) electrons. The van der Waals surface area contributed by atoms with Crippen molar-refractivity contribution in [2.45, 2.75) is 26.1 Å². The van der Waals surface area contributed by atoms with E-state index in [1.807, 2.05) is 30.3 Å². The molecule has 0 atom stereocenters. The van der Waals surface area contributed by atoms with Crippen LogP contribution in [0.1, 0.15) is 30.5 Å². The lowest BCUT2D eigenvalue weighted by atomic mass is 10.0. The summed E-state index contributed by atoms with van der Waals surface area (Å²) >= 11 is 5.78. The van der Waals surface area contributed by atoms with Gasteiger partial charge in [-0.1, -0.05) is 41.9 Å². The number of aromatic nitrogens is 1. The number of ether oxygens (including phenoxy) is 2. The van der Waals surface area contributed by atoms with Gasteiger partial charge in [-0.2, -0.15) is 0 Å². The van der Waals surface area contributed by atoms with E-state index in [1.165, 1.54) is 19.9 Å². The summed E-state index contributed by atoms with van der Waals surface area (Å²) < 4.78 is 10.1. The van der Waals surface area contributed by atoms with Gasteiger partial charge in [0.1, 0.15) is 10.7 Å². The van der Waals surface area contributed by atoms with Gasteiger partial charge in [0.05, 0.1) is 0 Å². The molecule has 1 aliphatic rings. The Bertz CT molecular complexity index is 817. The van der Waals surface area contributed by atoms with Gasteiger partial charge in [-0.25, -0.2) is 14.6 Å². The number of pyridine rings is 1. The zero-order valence-electron chi connectivity index (χ0n) is 13.8. The molecule has 0 spiro atoms. The highest BCUT2D eigenvalue weighted by atomic mass is 35.5. The summed E-state index contributed by atoms with van der Waals surface area (Å²) in [6, 6.07) is 11.2. The number of rotatable bonds is 3. The van der Waals surface area contributed by atoms with Crippen molar-refractivity contribution >= 4 is 29.6 Å². The van der Waals surface area contributed by atoms with Crippen LogP contribution in [-0.2, 0) is 25.5 Å². The number of nitrogens with zero attached hydrogens (tertiary/aromatic N) is 1. The first-order valence-electron chi connectivity index (χ1n) is 7.70. The average molecular weight is 358 g/mol. The predicted octanol–water partition coefficient (Wildman–Crippen LogP) is 3.55. The van der Waals surface area contributed by atoms with Crippen LogP contribution in [0.4, 0.5) is 0 Å². The summed E-state index contributed by atoms with van der Waals surface area (Å²) in [5, 5.41) is 0.458. The molecule has 6 heteroatoms. The summed E-state index contributed by atoms with van der Waals surface area (Å²) in [5.41, 5.74) is 2.70. The highest BCUT2D eigenvalue weighted by Gasteiger charge is 2.38. The molecular weight excluding hydrogens is 342 g/mol. The molecule has 0 aliphatic carbocycles. The minimum atomic E-state index is -1.23. The number of carbonyl (C=O) groups is 2. The lowest BCUT2D eigenvalue weighted by Gasteiger charge is -2.29. The quantitative estimate of drug-likeness (QED) is 0.364. The molecule has 1 fully saturated rings. The molecule has 1 aromatic carbocycles. The predicted molar refractivity (Wildman–Crippen MR) is 92.7 cm³/mol. The molecule has 1 saturated heterocycles. The zero-order valence-corrected chi connectivity index (χ0v) is 14.5. The second-order valence-corrected chi connectivity index (χ2v) is 6.53. The standard InChI is InChI=1S/C19H16ClNO4/c1-19(2)24-17(22)15(18(23)25-19)10-13-5-3-12(4-6-13)9-14-7-8-16(20)21-11-14/h3-8,10-11H,9H2,1-2H3. The van der Waals surface area contributed by atoms with Crippen LogP contribution in [0.2, 0.25) is 5.15 Å². The molecular formula is C19H16ClNO4. The van der Waals surface area contributed by atoms with Crippen molar-refractivity contribution in [1.29, 1.82) is 0 Å². The molecule has 0 amide bonds. The van der Waals surface area contributed by atoms with Gasteiger partial charge in [-0.3, -0.25) is 0 Å². The van der Waals surface area contributed by atoms with Crippen LogP contribution in [0.3, 0.4) is 0 Å². The van der Waals surface area contributed by atoms with Crippen molar-refractivity contribution in [2.24, 2.45) is 0 Å². The van der Waals surface area contributed by atoms with Crippen molar-refractivity contribution < 1.29 is 19.1 Å². The molecule has 25 heavy (non-hydrogen) atoms. The molecule has 5 nitrogen and oxygen atoms in total. The van der Waals surface area contributed by atoms with Gasteiger partial charge in [0, 0.05) is 20.0 Å².